The Kier molecular flexibility index (Phi) is 10.7. The third kappa shape index (κ3) is 7.88. The summed E-state index contributed by atoms with van der Waals surface area (Å²) >= 11 is 18.8. The number of carbonyl (C=O) groups is 2. The molecule has 3 aromatic rings. The van der Waals surface area contributed by atoms with Gasteiger partial charge in [-0.3, -0.25) is 13.9 Å². The number of amides is 2. The van der Waals surface area contributed by atoms with Crippen molar-refractivity contribution >= 4 is 62.3 Å². The van der Waals surface area contributed by atoms with E-state index in [2.05, 4.69) is 5.32 Å². The van der Waals surface area contributed by atoms with Gasteiger partial charge in [-0.1, -0.05) is 85.0 Å². The van der Waals surface area contributed by atoms with Crippen LogP contribution in [0.1, 0.15) is 26.3 Å². The quantitative estimate of drug-likeness (QED) is 0.287. The zero-order valence-corrected chi connectivity index (χ0v) is 24.9. The highest BCUT2D eigenvalue weighted by Crippen LogP contribution is 2.31. The molecule has 11 heteroatoms. The van der Waals surface area contributed by atoms with E-state index in [1.54, 1.807) is 61.5 Å². The maximum Gasteiger partial charge on any atom is 0.264 e. The van der Waals surface area contributed by atoms with E-state index in [4.69, 9.17) is 34.8 Å². The molecular weight excluding hydrogens is 581 g/mol. The number of anilines is 1. The van der Waals surface area contributed by atoms with Crippen LogP contribution in [-0.4, -0.2) is 44.3 Å². The number of para-hydroxylation sites is 1. The van der Waals surface area contributed by atoms with Crippen LogP contribution in [0.4, 0.5) is 5.69 Å². The van der Waals surface area contributed by atoms with Gasteiger partial charge in [0.05, 0.1) is 15.6 Å². The van der Waals surface area contributed by atoms with Gasteiger partial charge < -0.3 is 10.2 Å². The van der Waals surface area contributed by atoms with E-state index < -0.39 is 28.5 Å². The van der Waals surface area contributed by atoms with Crippen LogP contribution in [0.25, 0.3) is 0 Å². The molecule has 0 saturated heterocycles. The molecule has 1 unspecified atom stereocenters. The Morgan fingerprint density at radius 1 is 0.872 bits per heavy atom. The summed E-state index contributed by atoms with van der Waals surface area (Å²) < 4.78 is 28.5. The van der Waals surface area contributed by atoms with Crippen molar-refractivity contribution in [2.24, 2.45) is 5.92 Å². The summed E-state index contributed by atoms with van der Waals surface area (Å²) in [5, 5.41) is 3.72. The van der Waals surface area contributed by atoms with Crippen LogP contribution in [0.5, 0.6) is 0 Å². The van der Waals surface area contributed by atoms with Crippen LogP contribution in [0.15, 0.2) is 77.7 Å². The van der Waals surface area contributed by atoms with Crippen molar-refractivity contribution in [1.82, 2.24) is 10.2 Å². The van der Waals surface area contributed by atoms with Gasteiger partial charge in [0.25, 0.3) is 10.0 Å². The highest BCUT2D eigenvalue weighted by molar-refractivity contribution is 7.92. The van der Waals surface area contributed by atoms with E-state index in [0.717, 1.165) is 4.31 Å². The second-order valence-electron chi connectivity index (χ2n) is 9.35. The van der Waals surface area contributed by atoms with Gasteiger partial charge in [0.15, 0.2) is 0 Å². The van der Waals surface area contributed by atoms with Crippen molar-refractivity contribution < 1.29 is 18.0 Å². The lowest BCUT2D eigenvalue weighted by atomic mass is 10.1. The molecule has 7 nitrogen and oxygen atoms in total. The van der Waals surface area contributed by atoms with Crippen LogP contribution in [-0.2, 0) is 26.2 Å². The highest BCUT2D eigenvalue weighted by atomic mass is 35.5. The zero-order valence-electron chi connectivity index (χ0n) is 21.8. The third-order valence-corrected chi connectivity index (χ3v) is 8.62. The lowest BCUT2D eigenvalue weighted by Crippen LogP contribution is -2.51. The number of halogens is 3. The molecule has 0 aliphatic heterocycles. The Hall–Kier alpha value is -2.78. The molecule has 0 aliphatic carbocycles. The lowest BCUT2D eigenvalue weighted by Gasteiger charge is -2.32. The van der Waals surface area contributed by atoms with E-state index in [-0.39, 0.29) is 34.0 Å². The summed E-state index contributed by atoms with van der Waals surface area (Å²) in [4.78, 5) is 28.2. The molecular formula is C28H30Cl3N3O4S. The summed E-state index contributed by atoms with van der Waals surface area (Å²) in [7, 11) is -4.20. The number of nitrogens with one attached hydrogen (secondary N) is 1. The first kappa shape index (κ1) is 30.8. The highest BCUT2D eigenvalue weighted by Gasteiger charge is 2.33. The molecule has 39 heavy (non-hydrogen) atoms. The normalized spacial score (nSPS) is 12.2. The SMILES string of the molecule is CC(C)CNC(=O)C(C)N(Cc1ccc(Cl)cc1Cl)C(=O)CN(c1ccccc1Cl)S(=O)(=O)c1ccccc1. The molecule has 0 fully saturated rings. The minimum Gasteiger partial charge on any atom is -0.354 e. The van der Waals surface area contributed by atoms with Crippen LogP contribution < -0.4 is 9.62 Å². The molecule has 0 aromatic heterocycles. The topological polar surface area (TPSA) is 86.8 Å². The van der Waals surface area contributed by atoms with Crippen molar-refractivity contribution in [2.75, 3.05) is 17.4 Å². The third-order valence-electron chi connectivity index (χ3n) is 5.94. The Labute approximate surface area is 244 Å². The molecule has 2 amide bonds. The van der Waals surface area contributed by atoms with Gasteiger partial charge in [-0.15, -0.1) is 0 Å². The number of rotatable bonds is 11. The predicted octanol–water partition coefficient (Wildman–Crippen LogP) is 6.03. The van der Waals surface area contributed by atoms with E-state index in [1.807, 2.05) is 13.8 Å². The molecule has 0 bridgehead atoms. The molecule has 0 heterocycles. The zero-order chi connectivity index (χ0) is 28.7. The van der Waals surface area contributed by atoms with Gasteiger partial charge in [-0.2, -0.15) is 0 Å². The largest absolute Gasteiger partial charge is 0.354 e. The Morgan fingerprint density at radius 3 is 2.13 bits per heavy atom. The summed E-state index contributed by atoms with van der Waals surface area (Å²) in [6.07, 6.45) is 0. The second kappa shape index (κ2) is 13.5. The Morgan fingerprint density at radius 2 is 1.51 bits per heavy atom. The number of sulfonamides is 1. The Balaban J connectivity index is 2.03. The van der Waals surface area contributed by atoms with Crippen LogP contribution in [0.3, 0.4) is 0 Å². The smallest absolute Gasteiger partial charge is 0.264 e. The molecule has 0 aliphatic rings. The van der Waals surface area contributed by atoms with Crippen molar-refractivity contribution in [1.29, 1.82) is 0 Å². The van der Waals surface area contributed by atoms with Gasteiger partial charge in [0.1, 0.15) is 12.6 Å². The molecule has 0 saturated carbocycles. The van der Waals surface area contributed by atoms with E-state index >= 15 is 0 Å². The van der Waals surface area contributed by atoms with Gasteiger partial charge in [-0.05, 0) is 54.8 Å². The molecule has 1 N–H and O–H groups in total. The van der Waals surface area contributed by atoms with E-state index in [1.165, 1.54) is 23.1 Å². The number of hydrogen-bond donors (Lipinski definition) is 1. The maximum atomic E-state index is 13.9. The van der Waals surface area contributed by atoms with E-state index in [0.29, 0.717) is 22.2 Å². The Bertz CT molecular complexity index is 1420. The first-order valence-electron chi connectivity index (χ1n) is 12.2. The minimum absolute atomic E-state index is 0.00672. The number of hydrogen-bond acceptors (Lipinski definition) is 4. The summed E-state index contributed by atoms with van der Waals surface area (Å²) in [5.74, 6) is -0.798. The molecule has 1 atom stereocenters. The second-order valence-corrected chi connectivity index (χ2v) is 12.5. The van der Waals surface area contributed by atoms with Crippen LogP contribution in [0.2, 0.25) is 15.1 Å². The van der Waals surface area contributed by atoms with Crippen molar-refractivity contribution in [3.8, 4) is 0 Å². The van der Waals surface area contributed by atoms with Gasteiger partial charge in [0.2, 0.25) is 11.8 Å². The lowest BCUT2D eigenvalue weighted by molar-refractivity contribution is -0.139. The average Bonchev–Trinajstić information content (AvgIpc) is 2.90. The predicted molar refractivity (Wildman–Crippen MR) is 157 cm³/mol. The fourth-order valence-corrected chi connectivity index (χ4v) is 5.97. The monoisotopic (exact) mass is 609 g/mol. The molecule has 3 aromatic carbocycles. The van der Waals surface area contributed by atoms with Gasteiger partial charge in [-0.25, -0.2) is 8.42 Å². The number of nitrogens with zero attached hydrogens (tertiary/aromatic N) is 2. The fraction of sp³-hybridized carbons (Fsp3) is 0.286. The first-order valence-corrected chi connectivity index (χ1v) is 14.8. The van der Waals surface area contributed by atoms with Crippen molar-refractivity contribution in [2.45, 2.75) is 38.3 Å². The molecule has 0 spiro atoms. The molecule has 0 radical (unpaired) electrons. The summed E-state index contributed by atoms with van der Waals surface area (Å²) in [6, 6.07) is 18.0. The standard InChI is InChI=1S/C28H30Cl3N3O4S/c1-19(2)16-32-28(36)20(3)33(17-21-13-14-22(29)15-25(21)31)27(35)18-34(26-12-8-7-11-24(26)30)39(37,38)23-9-5-4-6-10-23/h4-15,19-20H,16-18H2,1-3H3,(H,32,36). The van der Waals surface area contributed by atoms with Crippen LogP contribution >= 0.6 is 34.8 Å². The van der Waals surface area contributed by atoms with Gasteiger partial charge >= 0.3 is 0 Å². The van der Waals surface area contributed by atoms with Crippen molar-refractivity contribution in [3.05, 3.63) is 93.4 Å². The summed E-state index contributed by atoms with van der Waals surface area (Å²) in [6.45, 7) is 5.26. The van der Waals surface area contributed by atoms with Gasteiger partial charge in [0, 0.05) is 23.1 Å². The number of carbonyl (C=O) groups excluding carboxylic acids is 2. The summed E-state index contributed by atoms with van der Waals surface area (Å²) in [5.41, 5.74) is 0.686. The number of benzene rings is 3. The molecule has 208 valence electrons. The van der Waals surface area contributed by atoms with E-state index in [9.17, 15) is 18.0 Å². The van der Waals surface area contributed by atoms with Crippen LogP contribution in [0, 0.1) is 5.92 Å². The van der Waals surface area contributed by atoms with Crippen molar-refractivity contribution in [3.63, 3.8) is 0 Å². The average molecular weight is 611 g/mol. The minimum atomic E-state index is -4.20. The first-order chi connectivity index (χ1) is 18.4. The maximum absolute atomic E-state index is 13.9. The fourth-order valence-electron chi connectivity index (χ4n) is 3.76. The molecule has 3 rings (SSSR count).